The molecule has 0 saturated carbocycles. The molecule has 0 radical (unpaired) electrons. The van der Waals surface area contributed by atoms with Crippen LogP contribution in [0.2, 0.25) is 0 Å². The van der Waals surface area contributed by atoms with Crippen molar-refractivity contribution in [1.29, 1.82) is 0 Å². The molecule has 0 bridgehead atoms. The molecule has 1 aromatic carbocycles. The molecule has 1 aliphatic heterocycles. The highest BCUT2D eigenvalue weighted by molar-refractivity contribution is 7.99. The summed E-state index contributed by atoms with van der Waals surface area (Å²) in [7, 11) is 0. The van der Waals surface area contributed by atoms with Gasteiger partial charge in [0, 0.05) is 11.0 Å². The molecular formula is C12H11N3O2S. The van der Waals surface area contributed by atoms with Crippen molar-refractivity contribution >= 4 is 17.6 Å². The highest BCUT2D eigenvalue weighted by Crippen LogP contribution is 2.36. The van der Waals surface area contributed by atoms with Gasteiger partial charge in [-0.05, 0) is 18.2 Å². The Morgan fingerprint density at radius 2 is 1.89 bits per heavy atom. The van der Waals surface area contributed by atoms with Gasteiger partial charge in [-0.3, -0.25) is 0 Å². The first-order chi connectivity index (χ1) is 8.81. The molecule has 18 heavy (non-hydrogen) atoms. The molecule has 1 aliphatic rings. The van der Waals surface area contributed by atoms with Crippen LogP contribution in [0, 0.1) is 0 Å². The Balaban J connectivity index is 1.85. The Kier molecular flexibility index (Phi) is 2.93. The van der Waals surface area contributed by atoms with Crippen LogP contribution >= 0.6 is 11.8 Å². The van der Waals surface area contributed by atoms with Gasteiger partial charge in [0.2, 0.25) is 0 Å². The molecule has 2 heterocycles. The summed E-state index contributed by atoms with van der Waals surface area (Å²) in [6.07, 6.45) is 1.45. The topological polar surface area (TPSA) is 70.3 Å². The predicted octanol–water partition coefficient (Wildman–Crippen LogP) is 1.98. The first kappa shape index (κ1) is 11.2. The molecule has 0 atom stereocenters. The van der Waals surface area contributed by atoms with E-state index in [0.29, 0.717) is 19.0 Å². The molecule has 2 N–H and O–H groups in total. The highest BCUT2D eigenvalue weighted by atomic mass is 32.2. The van der Waals surface area contributed by atoms with E-state index < -0.39 is 0 Å². The maximum Gasteiger partial charge on any atom is 0.162 e. The molecule has 2 aromatic rings. The third-order valence-electron chi connectivity index (χ3n) is 2.40. The molecule has 0 spiro atoms. The first-order valence-electron chi connectivity index (χ1n) is 5.46. The predicted molar refractivity (Wildman–Crippen MR) is 68.0 cm³/mol. The average molecular weight is 261 g/mol. The number of nitrogens with two attached hydrogens (primary N) is 1. The molecule has 0 saturated heterocycles. The number of nitrogens with zero attached hydrogens (tertiary/aromatic N) is 2. The lowest BCUT2D eigenvalue weighted by Gasteiger charge is -2.18. The van der Waals surface area contributed by atoms with Crippen LogP contribution in [0.25, 0.3) is 0 Å². The molecular weight excluding hydrogens is 250 g/mol. The van der Waals surface area contributed by atoms with Crippen LogP contribution in [0.5, 0.6) is 11.5 Å². The van der Waals surface area contributed by atoms with E-state index in [4.69, 9.17) is 15.2 Å². The standard InChI is InChI=1S/C12H11N3O2S/c13-11-6-12(15-7-14-11)18-8-1-2-9-10(5-8)17-4-3-16-9/h1-2,5-7H,3-4H2,(H2,13,14,15). The molecule has 3 rings (SSSR count). The van der Waals surface area contributed by atoms with Crippen LogP contribution in [0.3, 0.4) is 0 Å². The molecule has 5 nitrogen and oxygen atoms in total. The van der Waals surface area contributed by atoms with Gasteiger partial charge < -0.3 is 15.2 Å². The lowest BCUT2D eigenvalue weighted by atomic mass is 10.3. The lowest BCUT2D eigenvalue weighted by molar-refractivity contribution is 0.171. The van der Waals surface area contributed by atoms with Gasteiger partial charge in [-0.1, -0.05) is 11.8 Å². The fraction of sp³-hybridized carbons (Fsp3) is 0.167. The van der Waals surface area contributed by atoms with Crippen molar-refractivity contribution in [2.24, 2.45) is 0 Å². The lowest BCUT2D eigenvalue weighted by Crippen LogP contribution is -2.15. The number of ether oxygens (including phenoxy) is 2. The minimum Gasteiger partial charge on any atom is -0.486 e. The van der Waals surface area contributed by atoms with Gasteiger partial charge in [-0.15, -0.1) is 0 Å². The van der Waals surface area contributed by atoms with Crippen molar-refractivity contribution in [3.05, 3.63) is 30.6 Å². The van der Waals surface area contributed by atoms with Crippen molar-refractivity contribution < 1.29 is 9.47 Å². The van der Waals surface area contributed by atoms with Gasteiger partial charge >= 0.3 is 0 Å². The Bertz CT molecular complexity index is 577. The summed E-state index contributed by atoms with van der Waals surface area (Å²) in [5.41, 5.74) is 5.61. The number of benzene rings is 1. The van der Waals surface area contributed by atoms with E-state index in [1.165, 1.54) is 18.1 Å². The molecule has 0 fully saturated rings. The number of rotatable bonds is 2. The summed E-state index contributed by atoms with van der Waals surface area (Å²) in [4.78, 5) is 9.03. The van der Waals surface area contributed by atoms with Gasteiger partial charge in [0.15, 0.2) is 11.5 Å². The number of hydrogen-bond acceptors (Lipinski definition) is 6. The number of nitrogen functional groups attached to an aromatic ring is 1. The highest BCUT2D eigenvalue weighted by Gasteiger charge is 2.12. The van der Waals surface area contributed by atoms with Gasteiger partial charge in [0.1, 0.15) is 30.4 Å². The van der Waals surface area contributed by atoms with Crippen LogP contribution in [0.4, 0.5) is 5.82 Å². The summed E-state index contributed by atoms with van der Waals surface area (Å²) in [5, 5.41) is 0.805. The summed E-state index contributed by atoms with van der Waals surface area (Å²) in [6.45, 7) is 1.18. The number of anilines is 1. The van der Waals surface area contributed by atoms with Crippen molar-refractivity contribution in [3.63, 3.8) is 0 Å². The largest absolute Gasteiger partial charge is 0.486 e. The molecule has 0 amide bonds. The minimum atomic E-state index is 0.463. The van der Waals surface area contributed by atoms with E-state index in [1.54, 1.807) is 6.07 Å². The second-order valence-corrected chi connectivity index (χ2v) is 4.78. The molecule has 0 unspecified atom stereocenters. The van der Waals surface area contributed by atoms with E-state index in [9.17, 15) is 0 Å². The van der Waals surface area contributed by atoms with E-state index in [2.05, 4.69) is 9.97 Å². The van der Waals surface area contributed by atoms with Gasteiger partial charge in [-0.25, -0.2) is 9.97 Å². The summed E-state index contributed by atoms with van der Waals surface area (Å²) in [6, 6.07) is 7.55. The SMILES string of the molecule is Nc1cc(Sc2ccc3c(c2)OCCO3)ncn1. The monoisotopic (exact) mass is 261 g/mol. The zero-order valence-corrected chi connectivity index (χ0v) is 10.3. The van der Waals surface area contributed by atoms with E-state index in [1.807, 2.05) is 18.2 Å². The Labute approximate surface area is 108 Å². The van der Waals surface area contributed by atoms with E-state index in [-0.39, 0.29) is 0 Å². The second kappa shape index (κ2) is 4.73. The first-order valence-corrected chi connectivity index (χ1v) is 6.28. The minimum absolute atomic E-state index is 0.463. The summed E-state index contributed by atoms with van der Waals surface area (Å²) < 4.78 is 11.0. The zero-order chi connectivity index (χ0) is 12.4. The zero-order valence-electron chi connectivity index (χ0n) is 9.50. The molecule has 6 heteroatoms. The van der Waals surface area contributed by atoms with Crippen molar-refractivity contribution in [2.45, 2.75) is 9.92 Å². The molecule has 92 valence electrons. The third kappa shape index (κ3) is 2.33. The van der Waals surface area contributed by atoms with Crippen LogP contribution in [0.15, 0.2) is 40.5 Å². The maximum atomic E-state index is 5.61. The van der Waals surface area contributed by atoms with Crippen molar-refractivity contribution in [3.8, 4) is 11.5 Å². The molecule has 1 aromatic heterocycles. The Morgan fingerprint density at radius 3 is 2.72 bits per heavy atom. The quantitative estimate of drug-likeness (QED) is 0.833. The van der Waals surface area contributed by atoms with E-state index in [0.717, 1.165) is 21.4 Å². The van der Waals surface area contributed by atoms with Crippen molar-refractivity contribution in [2.75, 3.05) is 18.9 Å². The van der Waals surface area contributed by atoms with Gasteiger partial charge in [-0.2, -0.15) is 0 Å². The van der Waals surface area contributed by atoms with Crippen LogP contribution in [-0.4, -0.2) is 23.2 Å². The molecule has 0 aliphatic carbocycles. The Morgan fingerprint density at radius 1 is 1.06 bits per heavy atom. The average Bonchev–Trinajstić information content (AvgIpc) is 2.39. The summed E-state index contributed by atoms with van der Waals surface area (Å²) >= 11 is 1.51. The number of aromatic nitrogens is 2. The van der Waals surface area contributed by atoms with Crippen LogP contribution in [0.1, 0.15) is 0 Å². The third-order valence-corrected chi connectivity index (χ3v) is 3.32. The van der Waals surface area contributed by atoms with E-state index >= 15 is 0 Å². The maximum absolute atomic E-state index is 5.61. The second-order valence-electron chi connectivity index (χ2n) is 3.69. The van der Waals surface area contributed by atoms with Crippen LogP contribution in [-0.2, 0) is 0 Å². The van der Waals surface area contributed by atoms with Crippen LogP contribution < -0.4 is 15.2 Å². The summed E-state index contributed by atoms with van der Waals surface area (Å²) in [5.74, 6) is 2.02. The number of fused-ring (bicyclic) bond motifs is 1. The smallest absolute Gasteiger partial charge is 0.162 e. The fourth-order valence-corrected chi connectivity index (χ4v) is 2.44. The van der Waals surface area contributed by atoms with Gasteiger partial charge in [0.25, 0.3) is 0 Å². The van der Waals surface area contributed by atoms with Gasteiger partial charge in [0.05, 0.1) is 0 Å². The fourth-order valence-electron chi connectivity index (χ4n) is 1.62. The Hall–Kier alpha value is -1.95. The number of hydrogen-bond donors (Lipinski definition) is 1. The van der Waals surface area contributed by atoms with Crippen molar-refractivity contribution in [1.82, 2.24) is 9.97 Å². The normalized spacial score (nSPS) is 13.3.